The minimum absolute atomic E-state index is 0.0578. The molecule has 8 nitrogen and oxygen atoms in total. The fourth-order valence-electron chi connectivity index (χ4n) is 3.59. The van der Waals surface area contributed by atoms with Gasteiger partial charge in [-0.1, -0.05) is 23.4 Å². The zero-order valence-electron chi connectivity index (χ0n) is 18.7. The van der Waals surface area contributed by atoms with E-state index in [2.05, 4.69) is 10.2 Å². The molecule has 3 aromatic rings. The summed E-state index contributed by atoms with van der Waals surface area (Å²) in [6.07, 6.45) is 0.780. The molecular weight excluding hydrogens is 464 g/mol. The van der Waals surface area contributed by atoms with Crippen molar-refractivity contribution in [2.45, 2.75) is 24.7 Å². The Morgan fingerprint density at radius 2 is 1.79 bits per heavy atom. The molecule has 0 fully saturated rings. The first-order valence-corrected chi connectivity index (χ1v) is 11.8. The lowest BCUT2D eigenvalue weighted by Gasteiger charge is -2.29. The van der Waals surface area contributed by atoms with E-state index in [1.165, 1.54) is 17.3 Å². The first-order valence-electron chi connectivity index (χ1n) is 10.4. The van der Waals surface area contributed by atoms with E-state index in [1.54, 1.807) is 38.5 Å². The number of benzene rings is 2. The average molecular weight is 489 g/mol. The molecule has 0 unspecified atom stereocenters. The second-order valence-corrected chi connectivity index (χ2v) is 8.91. The van der Waals surface area contributed by atoms with Gasteiger partial charge in [0.15, 0.2) is 22.5 Å². The molecule has 0 saturated carbocycles. The van der Waals surface area contributed by atoms with Crippen molar-refractivity contribution in [1.29, 1.82) is 0 Å². The van der Waals surface area contributed by atoms with Crippen LogP contribution in [0.3, 0.4) is 0 Å². The number of hydrogen-bond donors (Lipinski definition) is 0. The SMILES string of the molecule is COc1cc2c(cc1OC)CN(C(=O)CSc1nnc(COc3ccc(Cl)cc3)n1C)CC2. The molecule has 0 atom stereocenters. The summed E-state index contributed by atoms with van der Waals surface area (Å²) in [5.74, 6) is 3.10. The Balaban J connectivity index is 1.33. The average Bonchev–Trinajstić information content (AvgIpc) is 3.19. The normalized spacial score (nSPS) is 12.9. The highest BCUT2D eigenvalue weighted by molar-refractivity contribution is 7.99. The summed E-state index contributed by atoms with van der Waals surface area (Å²) < 4.78 is 18.4. The monoisotopic (exact) mass is 488 g/mol. The molecule has 0 saturated heterocycles. The van der Waals surface area contributed by atoms with Gasteiger partial charge in [0.2, 0.25) is 5.91 Å². The van der Waals surface area contributed by atoms with Crippen molar-refractivity contribution in [1.82, 2.24) is 19.7 Å². The molecule has 0 bridgehead atoms. The van der Waals surface area contributed by atoms with Crippen LogP contribution in [0, 0.1) is 0 Å². The van der Waals surface area contributed by atoms with Gasteiger partial charge in [0, 0.05) is 25.2 Å². The number of methoxy groups -OCH3 is 2. The Kier molecular flexibility index (Phi) is 7.29. The molecule has 1 amide bonds. The molecule has 1 aliphatic rings. The molecule has 174 valence electrons. The lowest BCUT2D eigenvalue weighted by Crippen LogP contribution is -2.37. The Morgan fingerprint density at radius 1 is 1.09 bits per heavy atom. The maximum Gasteiger partial charge on any atom is 0.233 e. The Morgan fingerprint density at radius 3 is 2.48 bits per heavy atom. The number of aromatic nitrogens is 3. The number of rotatable bonds is 8. The van der Waals surface area contributed by atoms with Crippen LogP contribution in [-0.4, -0.2) is 52.1 Å². The first-order chi connectivity index (χ1) is 16.0. The predicted molar refractivity (Wildman–Crippen MR) is 126 cm³/mol. The zero-order valence-corrected chi connectivity index (χ0v) is 20.3. The molecule has 0 aliphatic carbocycles. The van der Waals surface area contributed by atoms with E-state index in [0.29, 0.717) is 46.3 Å². The Bertz CT molecular complexity index is 1140. The number of carbonyl (C=O) groups is 1. The highest BCUT2D eigenvalue weighted by Gasteiger charge is 2.23. The van der Waals surface area contributed by atoms with Gasteiger partial charge in [0.25, 0.3) is 0 Å². The zero-order chi connectivity index (χ0) is 23.4. The van der Waals surface area contributed by atoms with Gasteiger partial charge in [0.1, 0.15) is 12.4 Å². The van der Waals surface area contributed by atoms with Crippen LogP contribution < -0.4 is 14.2 Å². The van der Waals surface area contributed by atoms with Crippen LogP contribution >= 0.6 is 23.4 Å². The van der Waals surface area contributed by atoms with E-state index in [-0.39, 0.29) is 18.3 Å². The molecule has 1 aliphatic heterocycles. The van der Waals surface area contributed by atoms with Crippen molar-refractivity contribution in [3.63, 3.8) is 0 Å². The van der Waals surface area contributed by atoms with Gasteiger partial charge in [-0.05, 0) is 53.9 Å². The lowest BCUT2D eigenvalue weighted by atomic mass is 9.99. The summed E-state index contributed by atoms with van der Waals surface area (Å²) in [6.45, 7) is 1.49. The third kappa shape index (κ3) is 5.36. The van der Waals surface area contributed by atoms with E-state index in [4.69, 9.17) is 25.8 Å². The van der Waals surface area contributed by atoms with Crippen molar-refractivity contribution in [3.8, 4) is 17.2 Å². The second-order valence-electron chi connectivity index (χ2n) is 7.53. The molecule has 10 heteroatoms. The number of carbonyl (C=O) groups excluding carboxylic acids is 1. The molecule has 0 radical (unpaired) electrons. The number of amides is 1. The van der Waals surface area contributed by atoms with Crippen molar-refractivity contribution >= 4 is 29.3 Å². The predicted octanol–water partition coefficient (Wildman–Crippen LogP) is 3.74. The third-order valence-corrected chi connectivity index (χ3v) is 6.76. The van der Waals surface area contributed by atoms with E-state index in [1.807, 2.05) is 28.6 Å². The van der Waals surface area contributed by atoms with Gasteiger partial charge in [0.05, 0.1) is 20.0 Å². The van der Waals surface area contributed by atoms with Crippen LogP contribution in [-0.2, 0) is 31.4 Å². The summed E-state index contributed by atoms with van der Waals surface area (Å²) >= 11 is 7.27. The third-order valence-electron chi connectivity index (χ3n) is 5.50. The standard InChI is InChI=1S/C23H25ClN4O4S/c1-27-21(13-32-18-6-4-17(24)5-7-18)25-26-23(27)33-14-22(29)28-9-8-15-10-19(30-2)20(31-3)11-16(15)12-28/h4-7,10-11H,8-9,12-14H2,1-3H3. The fourth-order valence-corrected chi connectivity index (χ4v) is 4.55. The van der Waals surface area contributed by atoms with Crippen LogP contribution in [0.2, 0.25) is 5.02 Å². The van der Waals surface area contributed by atoms with Gasteiger partial charge < -0.3 is 23.7 Å². The van der Waals surface area contributed by atoms with E-state index in [9.17, 15) is 4.79 Å². The fraction of sp³-hybridized carbons (Fsp3) is 0.348. The van der Waals surface area contributed by atoms with Gasteiger partial charge in [-0.3, -0.25) is 4.79 Å². The number of thioether (sulfide) groups is 1. The topological polar surface area (TPSA) is 78.7 Å². The van der Waals surface area contributed by atoms with Crippen molar-refractivity contribution < 1.29 is 19.0 Å². The molecule has 4 rings (SSSR count). The molecule has 2 heterocycles. The van der Waals surface area contributed by atoms with Crippen molar-refractivity contribution in [2.75, 3.05) is 26.5 Å². The number of halogens is 1. The summed E-state index contributed by atoms with van der Waals surface area (Å²) in [4.78, 5) is 14.7. The number of fused-ring (bicyclic) bond motifs is 1. The number of ether oxygens (including phenoxy) is 3. The van der Waals surface area contributed by atoms with Crippen LogP contribution in [0.25, 0.3) is 0 Å². The van der Waals surface area contributed by atoms with Crippen LogP contribution in [0.4, 0.5) is 0 Å². The molecule has 0 N–H and O–H groups in total. The summed E-state index contributed by atoms with van der Waals surface area (Å²) in [5, 5.41) is 9.73. The summed E-state index contributed by atoms with van der Waals surface area (Å²) in [7, 11) is 5.11. The maximum absolute atomic E-state index is 12.9. The van der Waals surface area contributed by atoms with Crippen LogP contribution in [0.1, 0.15) is 17.0 Å². The maximum atomic E-state index is 12.9. The van der Waals surface area contributed by atoms with Gasteiger partial charge in [-0.15, -0.1) is 10.2 Å². The highest BCUT2D eigenvalue weighted by atomic mass is 35.5. The summed E-state index contributed by atoms with van der Waals surface area (Å²) in [5.41, 5.74) is 2.26. The quantitative estimate of drug-likeness (QED) is 0.447. The van der Waals surface area contributed by atoms with E-state index in [0.717, 1.165) is 12.0 Å². The largest absolute Gasteiger partial charge is 0.493 e. The molecule has 0 spiro atoms. The van der Waals surface area contributed by atoms with Crippen molar-refractivity contribution in [3.05, 3.63) is 58.4 Å². The Labute approximate surface area is 201 Å². The first kappa shape index (κ1) is 23.3. The molecule has 1 aromatic heterocycles. The van der Waals surface area contributed by atoms with Crippen LogP contribution in [0.5, 0.6) is 17.2 Å². The molecular formula is C23H25ClN4O4S. The minimum atomic E-state index is 0.0578. The van der Waals surface area contributed by atoms with Gasteiger partial charge >= 0.3 is 0 Å². The van der Waals surface area contributed by atoms with Crippen LogP contribution in [0.15, 0.2) is 41.6 Å². The van der Waals surface area contributed by atoms with Crippen molar-refractivity contribution in [2.24, 2.45) is 7.05 Å². The number of nitrogens with zero attached hydrogens (tertiary/aromatic N) is 4. The smallest absolute Gasteiger partial charge is 0.233 e. The summed E-state index contributed by atoms with van der Waals surface area (Å²) in [6, 6.07) is 11.1. The van der Waals surface area contributed by atoms with Gasteiger partial charge in [-0.2, -0.15) is 0 Å². The van der Waals surface area contributed by atoms with E-state index < -0.39 is 0 Å². The lowest BCUT2D eigenvalue weighted by molar-refractivity contribution is -0.129. The second kappa shape index (κ2) is 10.4. The van der Waals surface area contributed by atoms with Gasteiger partial charge in [-0.25, -0.2) is 0 Å². The van der Waals surface area contributed by atoms with E-state index >= 15 is 0 Å². The molecule has 2 aromatic carbocycles. The highest BCUT2D eigenvalue weighted by Crippen LogP contribution is 2.33. The number of hydrogen-bond acceptors (Lipinski definition) is 7. The minimum Gasteiger partial charge on any atom is -0.493 e. The Hall–Kier alpha value is -2.91. The molecule has 33 heavy (non-hydrogen) atoms.